The molecule has 0 saturated carbocycles. The highest BCUT2D eigenvalue weighted by molar-refractivity contribution is 7.54. The lowest BCUT2D eigenvalue weighted by Gasteiger charge is -2.37. The predicted molar refractivity (Wildman–Crippen MR) is 160 cm³/mol. The fourth-order valence-corrected chi connectivity index (χ4v) is 7.20. The number of rotatable bonds is 25. The minimum Gasteiger partial charge on any atom is -0.464 e. The summed E-state index contributed by atoms with van der Waals surface area (Å²) in [7, 11) is 1.94. The minimum absolute atomic E-state index is 0.272. The number of likely N-dealkylation sites (N-methyl/N-ethyl adjacent to an activating group) is 1. The third-order valence-corrected chi connectivity index (χ3v) is 9.99. The molecule has 0 aromatic rings. The van der Waals surface area contributed by atoms with Crippen molar-refractivity contribution in [3.05, 3.63) is 0 Å². The van der Waals surface area contributed by atoms with Gasteiger partial charge >= 0.3 is 13.6 Å². The molecule has 0 amide bonds. The Kier molecular flexibility index (Phi) is 20.7. The van der Waals surface area contributed by atoms with E-state index in [0.29, 0.717) is 19.6 Å². The standard InChI is InChI=1S/C30H62N2O6P/c1-5-6-7-8-9-10-11-12-13-14-15-16-17-18-19-20-24-36-30(34)27-37-39(35,28-22-21-23-31-25-28)38-29(26-33)32(2,3)4/h28-29,31,33H,5-27H2,1-4H3/q+1. The van der Waals surface area contributed by atoms with Gasteiger partial charge in [0.25, 0.3) is 0 Å². The summed E-state index contributed by atoms with van der Waals surface area (Å²) >= 11 is 0. The Hall–Kier alpha value is -0.500. The number of nitrogens with one attached hydrogen (secondary N) is 1. The second-order valence-corrected chi connectivity index (χ2v) is 14.5. The first-order valence-corrected chi connectivity index (χ1v) is 17.5. The molecule has 2 N–H and O–H groups in total. The summed E-state index contributed by atoms with van der Waals surface area (Å²) in [6.45, 7) is 3.29. The van der Waals surface area contributed by atoms with Crippen LogP contribution in [0.3, 0.4) is 0 Å². The molecule has 1 fully saturated rings. The molecular formula is C30H62N2O6P+. The monoisotopic (exact) mass is 577 g/mol. The second kappa shape index (κ2) is 22.1. The largest absolute Gasteiger partial charge is 0.464 e. The van der Waals surface area contributed by atoms with Crippen molar-refractivity contribution in [1.29, 1.82) is 0 Å². The molecule has 3 unspecified atom stereocenters. The van der Waals surface area contributed by atoms with Gasteiger partial charge in [-0.3, -0.25) is 13.6 Å². The molecule has 0 aromatic heterocycles. The fourth-order valence-electron chi connectivity index (χ4n) is 4.94. The Morgan fingerprint density at radius 2 is 1.41 bits per heavy atom. The van der Waals surface area contributed by atoms with E-state index in [9.17, 15) is 14.5 Å². The molecular weight excluding hydrogens is 515 g/mol. The topological polar surface area (TPSA) is 94.1 Å². The van der Waals surface area contributed by atoms with Crippen LogP contribution in [0.1, 0.15) is 122 Å². The molecule has 39 heavy (non-hydrogen) atoms. The maximum atomic E-state index is 13.7. The second-order valence-electron chi connectivity index (χ2n) is 12.2. The van der Waals surface area contributed by atoms with Gasteiger partial charge < -0.3 is 19.6 Å². The van der Waals surface area contributed by atoms with Crippen molar-refractivity contribution in [2.45, 2.75) is 134 Å². The van der Waals surface area contributed by atoms with E-state index in [4.69, 9.17) is 13.8 Å². The summed E-state index contributed by atoms with van der Waals surface area (Å²) < 4.78 is 30.8. The van der Waals surface area contributed by atoms with E-state index in [0.717, 1.165) is 32.2 Å². The van der Waals surface area contributed by atoms with Gasteiger partial charge in [0.15, 0.2) is 6.61 Å². The van der Waals surface area contributed by atoms with Gasteiger partial charge in [0.05, 0.1) is 33.4 Å². The van der Waals surface area contributed by atoms with Crippen LogP contribution in [-0.2, 0) is 23.1 Å². The van der Waals surface area contributed by atoms with E-state index in [1.807, 2.05) is 21.1 Å². The van der Waals surface area contributed by atoms with Crippen LogP contribution in [0.15, 0.2) is 0 Å². The van der Waals surface area contributed by atoms with E-state index in [-0.39, 0.29) is 16.7 Å². The normalized spacial score (nSPS) is 18.5. The SMILES string of the molecule is CCCCCCCCCCCCCCCCCCOC(=O)COP(=O)(OC(CO)[N+](C)(C)C)C1CCCNC1. The molecule has 0 bridgehead atoms. The lowest BCUT2D eigenvalue weighted by molar-refractivity contribution is -0.916. The average molecular weight is 578 g/mol. The molecule has 232 valence electrons. The first kappa shape index (κ1) is 36.5. The molecule has 0 radical (unpaired) electrons. The number of ether oxygens (including phenoxy) is 1. The molecule has 1 rings (SSSR count). The molecule has 0 aliphatic carbocycles. The van der Waals surface area contributed by atoms with Gasteiger partial charge in [0, 0.05) is 6.54 Å². The lowest BCUT2D eigenvalue weighted by atomic mass is 10.0. The molecule has 1 saturated heterocycles. The van der Waals surface area contributed by atoms with Gasteiger partial charge in [-0.15, -0.1) is 0 Å². The van der Waals surface area contributed by atoms with E-state index < -0.39 is 26.4 Å². The van der Waals surface area contributed by atoms with Gasteiger partial charge in [0.2, 0.25) is 6.23 Å². The molecule has 1 aliphatic heterocycles. The highest BCUT2D eigenvalue weighted by Gasteiger charge is 2.42. The Morgan fingerprint density at radius 3 is 1.85 bits per heavy atom. The summed E-state index contributed by atoms with van der Waals surface area (Å²) in [5, 5.41) is 13.0. The number of hydrogen-bond acceptors (Lipinski definition) is 7. The van der Waals surface area contributed by atoms with E-state index in [1.165, 1.54) is 83.5 Å². The van der Waals surface area contributed by atoms with Gasteiger partial charge in [-0.25, -0.2) is 4.79 Å². The van der Waals surface area contributed by atoms with Crippen molar-refractivity contribution in [1.82, 2.24) is 5.32 Å². The third kappa shape index (κ3) is 17.8. The summed E-state index contributed by atoms with van der Waals surface area (Å²) in [6.07, 6.45) is 21.6. The van der Waals surface area contributed by atoms with Crippen LogP contribution in [0.2, 0.25) is 0 Å². The van der Waals surface area contributed by atoms with E-state index >= 15 is 0 Å². The molecule has 0 aromatic carbocycles. The molecule has 1 heterocycles. The summed E-state index contributed by atoms with van der Waals surface area (Å²) in [5.41, 5.74) is -0.347. The Labute approximate surface area is 240 Å². The first-order chi connectivity index (χ1) is 18.7. The average Bonchev–Trinajstić information content (AvgIpc) is 2.92. The van der Waals surface area contributed by atoms with E-state index in [2.05, 4.69) is 12.2 Å². The smallest absolute Gasteiger partial charge is 0.340 e. The van der Waals surface area contributed by atoms with Crippen LogP contribution in [-0.4, -0.2) is 81.5 Å². The molecule has 3 atom stereocenters. The highest BCUT2D eigenvalue weighted by atomic mass is 31.2. The number of aliphatic hydroxyl groups excluding tert-OH is 1. The van der Waals surface area contributed by atoms with Crippen LogP contribution in [0.5, 0.6) is 0 Å². The van der Waals surface area contributed by atoms with Crippen molar-refractivity contribution >= 4 is 13.6 Å². The number of carbonyl (C=O) groups excluding carboxylic acids is 1. The van der Waals surface area contributed by atoms with Crippen LogP contribution in [0, 0.1) is 0 Å². The first-order valence-electron chi connectivity index (χ1n) is 15.9. The van der Waals surface area contributed by atoms with Gasteiger partial charge in [0.1, 0.15) is 6.61 Å². The Morgan fingerprint density at radius 1 is 0.897 bits per heavy atom. The highest BCUT2D eigenvalue weighted by Crippen LogP contribution is 2.56. The maximum Gasteiger partial charge on any atom is 0.340 e. The number of aliphatic hydroxyl groups is 1. The van der Waals surface area contributed by atoms with Crippen LogP contribution in [0.4, 0.5) is 0 Å². The Bertz CT molecular complexity index is 652. The summed E-state index contributed by atoms with van der Waals surface area (Å²) in [4.78, 5) is 12.3. The zero-order valence-electron chi connectivity index (χ0n) is 25.8. The quantitative estimate of drug-likeness (QED) is 0.0405. The molecule has 9 heteroatoms. The lowest BCUT2D eigenvalue weighted by Crippen LogP contribution is -2.49. The van der Waals surface area contributed by atoms with E-state index in [1.54, 1.807) is 0 Å². The van der Waals surface area contributed by atoms with Crippen molar-refractivity contribution < 1.29 is 32.7 Å². The van der Waals surface area contributed by atoms with Crippen LogP contribution < -0.4 is 5.32 Å². The molecule has 8 nitrogen and oxygen atoms in total. The van der Waals surface area contributed by atoms with Crippen molar-refractivity contribution in [3.8, 4) is 0 Å². The van der Waals surface area contributed by atoms with Crippen LogP contribution >= 0.6 is 7.60 Å². The zero-order valence-corrected chi connectivity index (χ0v) is 26.7. The fraction of sp³-hybridized carbons (Fsp3) is 0.967. The predicted octanol–water partition coefficient (Wildman–Crippen LogP) is 6.79. The van der Waals surface area contributed by atoms with Crippen molar-refractivity contribution in [3.63, 3.8) is 0 Å². The van der Waals surface area contributed by atoms with Gasteiger partial charge in [-0.2, -0.15) is 0 Å². The number of piperidine rings is 1. The maximum absolute atomic E-state index is 13.7. The zero-order chi connectivity index (χ0) is 28.8. The Balaban J connectivity index is 2.12. The molecule has 0 spiro atoms. The summed E-state index contributed by atoms with van der Waals surface area (Å²) in [5.74, 6) is -0.519. The number of unbranched alkanes of at least 4 members (excludes halogenated alkanes) is 15. The van der Waals surface area contributed by atoms with Gasteiger partial charge in [-0.05, 0) is 25.8 Å². The number of nitrogens with zero attached hydrogens (tertiary/aromatic N) is 1. The van der Waals surface area contributed by atoms with Gasteiger partial charge in [-0.1, -0.05) is 103 Å². The van der Waals surface area contributed by atoms with Crippen LogP contribution in [0.25, 0.3) is 0 Å². The summed E-state index contributed by atoms with van der Waals surface area (Å²) in [6, 6.07) is 0. The number of esters is 1. The number of carbonyl (C=O) groups is 1. The molecule has 1 aliphatic rings. The van der Waals surface area contributed by atoms with Crippen molar-refractivity contribution in [2.24, 2.45) is 0 Å². The number of hydrogen-bond donors (Lipinski definition) is 2. The van der Waals surface area contributed by atoms with Crippen molar-refractivity contribution in [2.75, 3.05) is 54.1 Å². The number of quaternary nitrogens is 1. The minimum atomic E-state index is -3.63. The third-order valence-electron chi connectivity index (χ3n) is 7.63.